The Bertz CT molecular complexity index is 345. The van der Waals surface area contributed by atoms with E-state index in [0.29, 0.717) is 24.4 Å². The SMILES string of the molecule is CC1COCC1N(C)c1cccc(F)n1. The fraction of sp³-hybridized carbons (Fsp3) is 0.545. The minimum absolute atomic E-state index is 0.291. The molecule has 1 fully saturated rings. The first-order chi connectivity index (χ1) is 7.18. The van der Waals surface area contributed by atoms with Crippen molar-refractivity contribution >= 4 is 5.82 Å². The standard InChI is InChI=1S/C11H15FN2O/c1-8-6-15-7-9(8)14(2)11-5-3-4-10(12)13-11/h3-5,8-9H,6-7H2,1-2H3. The van der Waals surface area contributed by atoms with Gasteiger partial charge in [0.2, 0.25) is 5.95 Å². The highest BCUT2D eigenvalue weighted by Crippen LogP contribution is 2.22. The van der Waals surface area contributed by atoms with Gasteiger partial charge in [-0.1, -0.05) is 13.0 Å². The van der Waals surface area contributed by atoms with Crippen LogP contribution < -0.4 is 4.90 Å². The number of hydrogen-bond acceptors (Lipinski definition) is 3. The van der Waals surface area contributed by atoms with Crippen molar-refractivity contribution in [1.82, 2.24) is 4.98 Å². The summed E-state index contributed by atoms with van der Waals surface area (Å²) in [5, 5.41) is 0. The van der Waals surface area contributed by atoms with Crippen LogP contribution in [0.3, 0.4) is 0 Å². The van der Waals surface area contributed by atoms with Gasteiger partial charge in [-0.25, -0.2) is 4.98 Å². The van der Waals surface area contributed by atoms with Gasteiger partial charge in [0.25, 0.3) is 0 Å². The third-order valence-electron chi connectivity index (χ3n) is 2.89. The Kier molecular flexibility index (Phi) is 2.86. The van der Waals surface area contributed by atoms with Gasteiger partial charge in [0.05, 0.1) is 19.3 Å². The van der Waals surface area contributed by atoms with Crippen molar-refractivity contribution in [1.29, 1.82) is 0 Å². The lowest BCUT2D eigenvalue weighted by Crippen LogP contribution is -2.37. The lowest BCUT2D eigenvalue weighted by Gasteiger charge is -2.27. The van der Waals surface area contributed by atoms with Crippen LogP contribution >= 0.6 is 0 Å². The highest BCUT2D eigenvalue weighted by molar-refractivity contribution is 5.38. The molecule has 2 rings (SSSR count). The Balaban J connectivity index is 2.16. The molecular formula is C11H15FN2O. The molecule has 82 valence electrons. The monoisotopic (exact) mass is 210 g/mol. The number of pyridine rings is 1. The van der Waals surface area contributed by atoms with Gasteiger partial charge in [0.1, 0.15) is 5.82 Å². The van der Waals surface area contributed by atoms with Crippen LogP contribution in [0.25, 0.3) is 0 Å². The number of rotatable bonds is 2. The second kappa shape index (κ2) is 4.14. The zero-order chi connectivity index (χ0) is 10.8. The molecule has 3 nitrogen and oxygen atoms in total. The van der Waals surface area contributed by atoms with Crippen LogP contribution in [0.1, 0.15) is 6.92 Å². The molecule has 0 aromatic carbocycles. The number of halogens is 1. The Morgan fingerprint density at radius 3 is 2.87 bits per heavy atom. The van der Waals surface area contributed by atoms with Gasteiger partial charge >= 0.3 is 0 Å². The van der Waals surface area contributed by atoms with Gasteiger partial charge in [-0.3, -0.25) is 0 Å². The summed E-state index contributed by atoms with van der Waals surface area (Å²) in [6.45, 7) is 3.59. The molecule has 1 saturated heterocycles. The smallest absolute Gasteiger partial charge is 0.214 e. The number of ether oxygens (including phenoxy) is 1. The molecule has 0 spiro atoms. The summed E-state index contributed by atoms with van der Waals surface area (Å²) >= 11 is 0. The number of hydrogen-bond donors (Lipinski definition) is 0. The van der Waals surface area contributed by atoms with E-state index in [9.17, 15) is 4.39 Å². The van der Waals surface area contributed by atoms with Crippen LogP contribution in [-0.2, 0) is 4.74 Å². The molecule has 15 heavy (non-hydrogen) atoms. The highest BCUT2D eigenvalue weighted by Gasteiger charge is 2.28. The highest BCUT2D eigenvalue weighted by atomic mass is 19.1. The predicted octanol–water partition coefficient (Wildman–Crippen LogP) is 1.69. The van der Waals surface area contributed by atoms with Crippen LogP contribution in [0.2, 0.25) is 0 Å². The quantitative estimate of drug-likeness (QED) is 0.695. The molecule has 1 aromatic heterocycles. The summed E-state index contributed by atoms with van der Waals surface area (Å²) in [6.07, 6.45) is 0. The maximum absolute atomic E-state index is 12.9. The van der Waals surface area contributed by atoms with E-state index in [1.807, 2.05) is 18.0 Å². The third-order valence-corrected chi connectivity index (χ3v) is 2.89. The van der Waals surface area contributed by atoms with E-state index in [4.69, 9.17) is 4.74 Å². The maximum Gasteiger partial charge on any atom is 0.214 e. The van der Waals surface area contributed by atoms with Crippen molar-refractivity contribution in [2.24, 2.45) is 5.92 Å². The molecule has 4 heteroatoms. The first-order valence-corrected chi connectivity index (χ1v) is 5.11. The number of anilines is 1. The molecule has 0 radical (unpaired) electrons. The van der Waals surface area contributed by atoms with Gasteiger partial charge < -0.3 is 9.64 Å². The zero-order valence-electron chi connectivity index (χ0n) is 8.98. The summed E-state index contributed by atoms with van der Waals surface area (Å²) in [5.74, 6) is 0.684. The molecule has 1 aliphatic heterocycles. The van der Waals surface area contributed by atoms with Gasteiger partial charge in [0.15, 0.2) is 0 Å². The zero-order valence-corrected chi connectivity index (χ0v) is 8.98. The van der Waals surface area contributed by atoms with Gasteiger partial charge in [-0.2, -0.15) is 4.39 Å². The molecule has 0 amide bonds. The van der Waals surface area contributed by atoms with Crippen LogP contribution in [0.4, 0.5) is 10.2 Å². The number of likely N-dealkylation sites (N-methyl/N-ethyl adjacent to an activating group) is 1. The van der Waals surface area contributed by atoms with Crippen LogP contribution in [0.15, 0.2) is 18.2 Å². The van der Waals surface area contributed by atoms with Crippen molar-refractivity contribution < 1.29 is 9.13 Å². The van der Waals surface area contributed by atoms with Crippen LogP contribution in [0, 0.1) is 11.9 Å². The lowest BCUT2D eigenvalue weighted by molar-refractivity contribution is 0.186. The van der Waals surface area contributed by atoms with E-state index in [-0.39, 0.29) is 0 Å². The Morgan fingerprint density at radius 1 is 1.47 bits per heavy atom. The van der Waals surface area contributed by atoms with Gasteiger partial charge in [0, 0.05) is 13.0 Å². The summed E-state index contributed by atoms with van der Waals surface area (Å²) in [6, 6.07) is 5.13. The molecule has 2 heterocycles. The summed E-state index contributed by atoms with van der Waals surface area (Å²) in [7, 11) is 1.93. The summed E-state index contributed by atoms with van der Waals surface area (Å²) in [4.78, 5) is 5.84. The molecule has 0 N–H and O–H groups in total. The van der Waals surface area contributed by atoms with Crippen LogP contribution in [0.5, 0.6) is 0 Å². The lowest BCUT2D eigenvalue weighted by atomic mass is 10.1. The van der Waals surface area contributed by atoms with Crippen molar-refractivity contribution in [3.05, 3.63) is 24.1 Å². The van der Waals surface area contributed by atoms with E-state index in [0.717, 1.165) is 6.61 Å². The molecule has 1 aromatic rings. The maximum atomic E-state index is 12.9. The van der Waals surface area contributed by atoms with E-state index in [1.54, 1.807) is 6.07 Å². The minimum atomic E-state index is -0.439. The molecule has 2 unspecified atom stereocenters. The molecule has 1 aliphatic rings. The Hall–Kier alpha value is -1.16. The normalized spacial score (nSPS) is 25.5. The Morgan fingerprint density at radius 2 is 2.27 bits per heavy atom. The number of nitrogens with zero attached hydrogens (tertiary/aromatic N) is 2. The Labute approximate surface area is 88.9 Å². The molecule has 0 aliphatic carbocycles. The van der Waals surface area contributed by atoms with Crippen LogP contribution in [-0.4, -0.2) is 31.3 Å². The summed E-state index contributed by atoms with van der Waals surface area (Å²) < 4.78 is 18.3. The molecule has 0 bridgehead atoms. The second-order valence-electron chi connectivity index (χ2n) is 4.01. The minimum Gasteiger partial charge on any atom is -0.379 e. The fourth-order valence-corrected chi connectivity index (χ4v) is 1.91. The van der Waals surface area contributed by atoms with E-state index in [1.165, 1.54) is 6.07 Å². The molecular weight excluding hydrogens is 195 g/mol. The average molecular weight is 210 g/mol. The molecule has 0 saturated carbocycles. The first kappa shape index (κ1) is 10.4. The predicted molar refractivity (Wildman–Crippen MR) is 56.4 cm³/mol. The van der Waals surface area contributed by atoms with Gasteiger partial charge in [-0.05, 0) is 12.1 Å². The van der Waals surface area contributed by atoms with Crippen molar-refractivity contribution in [2.45, 2.75) is 13.0 Å². The average Bonchev–Trinajstić information content (AvgIpc) is 2.63. The number of aromatic nitrogens is 1. The van der Waals surface area contributed by atoms with Gasteiger partial charge in [-0.15, -0.1) is 0 Å². The van der Waals surface area contributed by atoms with Crippen molar-refractivity contribution in [2.75, 3.05) is 25.2 Å². The largest absolute Gasteiger partial charge is 0.379 e. The van der Waals surface area contributed by atoms with E-state index < -0.39 is 5.95 Å². The summed E-state index contributed by atoms with van der Waals surface area (Å²) in [5.41, 5.74) is 0. The van der Waals surface area contributed by atoms with E-state index >= 15 is 0 Å². The topological polar surface area (TPSA) is 25.4 Å². The first-order valence-electron chi connectivity index (χ1n) is 5.11. The van der Waals surface area contributed by atoms with E-state index in [2.05, 4.69) is 11.9 Å². The second-order valence-corrected chi connectivity index (χ2v) is 4.01. The fourth-order valence-electron chi connectivity index (χ4n) is 1.91. The third kappa shape index (κ3) is 2.09. The molecule has 2 atom stereocenters. The van der Waals surface area contributed by atoms with Crippen molar-refractivity contribution in [3.8, 4) is 0 Å². The van der Waals surface area contributed by atoms with Crippen molar-refractivity contribution in [3.63, 3.8) is 0 Å².